The molecule has 2 aromatic rings. The maximum absolute atomic E-state index is 11.0. The van der Waals surface area contributed by atoms with Gasteiger partial charge >= 0.3 is 5.69 Å². The molecule has 0 bridgehead atoms. The number of nitro groups is 1. The zero-order valence-corrected chi connectivity index (χ0v) is 10.9. The predicted octanol–water partition coefficient (Wildman–Crippen LogP) is 3.83. The van der Waals surface area contributed by atoms with Gasteiger partial charge in [-0.3, -0.25) is 10.1 Å². The minimum absolute atomic E-state index is 0.100. The van der Waals surface area contributed by atoms with Crippen LogP contribution in [0.25, 0.3) is 0 Å². The molecule has 2 rings (SSSR count). The SMILES string of the molecule is Cc1ccc([N+](=O)[O-])c(Oc2ncccc2CCl)c1. The number of nitro benzene ring substituents is 1. The summed E-state index contributed by atoms with van der Waals surface area (Å²) in [4.78, 5) is 14.5. The van der Waals surface area contributed by atoms with E-state index in [0.29, 0.717) is 5.56 Å². The van der Waals surface area contributed by atoms with Crippen molar-refractivity contribution in [1.29, 1.82) is 0 Å². The van der Waals surface area contributed by atoms with E-state index in [-0.39, 0.29) is 23.2 Å². The Morgan fingerprint density at radius 2 is 2.21 bits per heavy atom. The first kappa shape index (κ1) is 13.3. The lowest BCUT2D eigenvalue weighted by Crippen LogP contribution is -1.97. The Labute approximate surface area is 115 Å². The average Bonchev–Trinajstić information content (AvgIpc) is 2.39. The lowest BCUT2D eigenvalue weighted by Gasteiger charge is -2.08. The fourth-order valence-electron chi connectivity index (χ4n) is 1.58. The van der Waals surface area contributed by atoms with Crippen LogP contribution in [-0.4, -0.2) is 9.91 Å². The van der Waals surface area contributed by atoms with Crippen molar-refractivity contribution in [2.45, 2.75) is 12.8 Å². The second kappa shape index (κ2) is 5.67. The van der Waals surface area contributed by atoms with Crippen LogP contribution in [0.15, 0.2) is 36.5 Å². The minimum Gasteiger partial charge on any atom is -0.431 e. The van der Waals surface area contributed by atoms with Crippen molar-refractivity contribution in [2.75, 3.05) is 0 Å². The molecule has 0 aliphatic carbocycles. The number of halogens is 1. The number of rotatable bonds is 4. The molecule has 1 aromatic heterocycles. The van der Waals surface area contributed by atoms with E-state index in [1.807, 2.05) is 6.92 Å². The molecule has 0 aliphatic heterocycles. The molecular weight excluding hydrogens is 268 g/mol. The molecule has 0 aliphatic rings. The van der Waals surface area contributed by atoms with Crippen LogP contribution in [0.2, 0.25) is 0 Å². The Balaban J connectivity index is 2.42. The standard InChI is InChI=1S/C13H11ClN2O3/c1-9-4-5-11(16(17)18)12(7-9)19-13-10(8-14)3-2-6-15-13/h2-7H,8H2,1H3. The largest absolute Gasteiger partial charge is 0.431 e. The molecule has 0 atom stereocenters. The maximum atomic E-state index is 11.0. The Morgan fingerprint density at radius 1 is 1.42 bits per heavy atom. The summed E-state index contributed by atoms with van der Waals surface area (Å²) in [5, 5.41) is 11.0. The van der Waals surface area contributed by atoms with Crippen LogP contribution in [0.5, 0.6) is 11.6 Å². The summed E-state index contributed by atoms with van der Waals surface area (Å²) < 4.78 is 5.54. The predicted molar refractivity (Wildman–Crippen MR) is 71.7 cm³/mol. The lowest BCUT2D eigenvalue weighted by molar-refractivity contribution is -0.385. The van der Waals surface area contributed by atoms with Gasteiger partial charge in [-0.25, -0.2) is 4.98 Å². The van der Waals surface area contributed by atoms with Gasteiger partial charge in [0.15, 0.2) is 0 Å². The van der Waals surface area contributed by atoms with Crippen LogP contribution < -0.4 is 4.74 Å². The number of ether oxygens (including phenoxy) is 1. The molecule has 1 heterocycles. The molecule has 0 saturated carbocycles. The summed E-state index contributed by atoms with van der Waals surface area (Å²) in [6.45, 7) is 1.83. The Kier molecular flexibility index (Phi) is 3.97. The zero-order valence-electron chi connectivity index (χ0n) is 10.2. The van der Waals surface area contributed by atoms with E-state index in [0.717, 1.165) is 5.56 Å². The van der Waals surface area contributed by atoms with Gasteiger partial charge in [-0.1, -0.05) is 12.1 Å². The summed E-state index contributed by atoms with van der Waals surface area (Å²) in [5.41, 5.74) is 1.45. The number of aromatic nitrogens is 1. The molecule has 0 spiro atoms. The van der Waals surface area contributed by atoms with Gasteiger partial charge in [0.25, 0.3) is 0 Å². The molecule has 6 heteroatoms. The summed E-state index contributed by atoms with van der Waals surface area (Å²) in [5.74, 6) is 0.671. The molecule has 0 radical (unpaired) electrons. The Bertz CT molecular complexity index is 617. The van der Waals surface area contributed by atoms with Crippen LogP contribution in [0.4, 0.5) is 5.69 Å². The van der Waals surface area contributed by atoms with Gasteiger partial charge in [0.05, 0.1) is 10.8 Å². The van der Waals surface area contributed by atoms with E-state index >= 15 is 0 Å². The fourth-order valence-corrected chi connectivity index (χ4v) is 1.78. The molecule has 1 aromatic carbocycles. The van der Waals surface area contributed by atoms with Crippen LogP contribution in [0.1, 0.15) is 11.1 Å². The highest BCUT2D eigenvalue weighted by Gasteiger charge is 2.17. The minimum atomic E-state index is -0.488. The molecular formula is C13H11ClN2O3. The van der Waals surface area contributed by atoms with Gasteiger partial charge in [0.1, 0.15) is 0 Å². The highest BCUT2D eigenvalue weighted by molar-refractivity contribution is 6.17. The summed E-state index contributed by atoms with van der Waals surface area (Å²) in [6.07, 6.45) is 1.55. The molecule has 19 heavy (non-hydrogen) atoms. The second-order valence-electron chi connectivity index (χ2n) is 3.93. The Morgan fingerprint density at radius 3 is 2.89 bits per heavy atom. The molecule has 0 amide bonds. The topological polar surface area (TPSA) is 65.3 Å². The third-order valence-corrected chi connectivity index (χ3v) is 2.80. The maximum Gasteiger partial charge on any atom is 0.311 e. The third kappa shape index (κ3) is 3.00. The number of hydrogen-bond donors (Lipinski definition) is 0. The smallest absolute Gasteiger partial charge is 0.311 e. The van der Waals surface area contributed by atoms with Crippen molar-refractivity contribution in [3.8, 4) is 11.6 Å². The van der Waals surface area contributed by atoms with Crippen molar-refractivity contribution in [2.24, 2.45) is 0 Å². The molecule has 0 unspecified atom stereocenters. The molecule has 5 nitrogen and oxygen atoms in total. The number of aryl methyl sites for hydroxylation is 1. The van der Waals surface area contributed by atoms with E-state index in [9.17, 15) is 10.1 Å². The Hall–Kier alpha value is -2.14. The summed E-state index contributed by atoms with van der Waals surface area (Å²) in [7, 11) is 0. The third-order valence-electron chi connectivity index (χ3n) is 2.51. The van der Waals surface area contributed by atoms with Crippen molar-refractivity contribution in [3.63, 3.8) is 0 Å². The van der Waals surface area contributed by atoms with Crippen LogP contribution in [-0.2, 0) is 5.88 Å². The van der Waals surface area contributed by atoms with Crippen LogP contribution in [0, 0.1) is 17.0 Å². The van der Waals surface area contributed by atoms with Gasteiger partial charge in [-0.15, -0.1) is 11.6 Å². The van der Waals surface area contributed by atoms with Crippen molar-refractivity contribution in [3.05, 3.63) is 57.8 Å². The molecule has 0 fully saturated rings. The molecule has 98 valence electrons. The van der Waals surface area contributed by atoms with E-state index in [1.54, 1.807) is 30.5 Å². The van der Waals surface area contributed by atoms with Crippen molar-refractivity contribution in [1.82, 2.24) is 4.98 Å². The van der Waals surface area contributed by atoms with E-state index < -0.39 is 4.92 Å². The number of alkyl halides is 1. The van der Waals surface area contributed by atoms with E-state index in [1.165, 1.54) is 6.07 Å². The quantitative estimate of drug-likeness (QED) is 0.484. The highest BCUT2D eigenvalue weighted by Crippen LogP contribution is 2.32. The van der Waals surface area contributed by atoms with Gasteiger partial charge in [-0.05, 0) is 24.6 Å². The number of nitrogens with zero attached hydrogens (tertiary/aromatic N) is 2. The van der Waals surface area contributed by atoms with E-state index in [2.05, 4.69) is 4.98 Å². The van der Waals surface area contributed by atoms with Crippen molar-refractivity contribution < 1.29 is 9.66 Å². The number of pyridine rings is 1. The normalized spacial score (nSPS) is 10.2. The molecule has 0 saturated heterocycles. The summed E-state index contributed by atoms with van der Waals surface area (Å²) in [6, 6.07) is 8.16. The van der Waals surface area contributed by atoms with Gasteiger partial charge in [0.2, 0.25) is 11.6 Å². The first-order valence-corrected chi connectivity index (χ1v) is 6.08. The van der Waals surface area contributed by atoms with E-state index in [4.69, 9.17) is 16.3 Å². The number of hydrogen-bond acceptors (Lipinski definition) is 4. The van der Waals surface area contributed by atoms with Crippen LogP contribution >= 0.6 is 11.6 Å². The monoisotopic (exact) mass is 278 g/mol. The first-order chi connectivity index (χ1) is 9.11. The summed E-state index contributed by atoms with van der Waals surface area (Å²) >= 11 is 5.78. The van der Waals surface area contributed by atoms with Crippen LogP contribution in [0.3, 0.4) is 0 Å². The highest BCUT2D eigenvalue weighted by atomic mass is 35.5. The van der Waals surface area contributed by atoms with Gasteiger partial charge in [0, 0.05) is 17.8 Å². The van der Waals surface area contributed by atoms with Crippen molar-refractivity contribution >= 4 is 17.3 Å². The second-order valence-corrected chi connectivity index (χ2v) is 4.20. The first-order valence-electron chi connectivity index (χ1n) is 5.54. The lowest BCUT2D eigenvalue weighted by atomic mass is 10.2. The zero-order chi connectivity index (χ0) is 13.8. The van der Waals surface area contributed by atoms with Gasteiger partial charge < -0.3 is 4.74 Å². The molecule has 0 N–H and O–H groups in total. The average molecular weight is 279 g/mol. The van der Waals surface area contributed by atoms with Gasteiger partial charge in [-0.2, -0.15) is 0 Å². The fraction of sp³-hybridized carbons (Fsp3) is 0.154. The number of benzene rings is 1.